The van der Waals surface area contributed by atoms with Crippen molar-refractivity contribution >= 4 is 24.0 Å². The molecule has 1 unspecified atom stereocenters. The largest absolute Gasteiger partial charge is 0.294 e. The lowest BCUT2D eigenvalue weighted by Gasteiger charge is -1.99. The molecule has 0 fully saturated rings. The van der Waals surface area contributed by atoms with Crippen LogP contribution in [-0.2, 0) is 10.1 Å². The van der Waals surface area contributed by atoms with E-state index < -0.39 is 10.1 Å². The summed E-state index contributed by atoms with van der Waals surface area (Å²) in [7, 11) is -3.50. The number of hydrogen-bond donors (Lipinski definition) is 1. The van der Waals surface area contributed by atoms with Crippen LogP contribution in [0.2, 0.25) is 0 Å². The molecule has 1 rings (SSSR count). The van der Waals surface area contributed by atoms with E-state index in [9.17, 15) is 8.42 Å². The van der Waals surface area contributed by atoms with E-state index in [1.165, 1.54) is 12.1 Å². The lowest BCUT2D eigenvalue weighted by Crippen LogP contribution is -2.02. The van der Waals surface area contributed by atoms with Crippen molar-refractivity contribution in [2.45, 2.75) is 4.90 Å². The maximum atomic E-state index is 10.7. The summed E-state index contributed by atoms with van der Waals surface area (Å²) in [5, 5.41) is 0.921. The second kappa shape index (κ2) is 3.52. The molecule has 1 N–H and O–H groups in total. The Morgan fingerprint density at radius 1 is 1.42 bits per heavy atom. The maximum Gasteiger partial charge on any atom is 0.294 e. The highest BCUT2D eigenvalue weighted by atomic mass is 32.2. The average molecular weight is 204 g/mol. The molecule has 0 amide bonds. The zero-order valence-corrected chi connectivity index (χ0v) is 8.30. The quantitative estimate of drug-likeness (QED) is 0.574. The molecule has 0 heterocycles. The van der Waals surface area contributed by atoms with Crippen molar-refractivity contribution in [2.24, 2.45) is 0 Å². The van der Waals surface area contributed by atoms with Crippen molar-refractivity contribution in [2.75, 3.05) is 6.66 Å². The van der Waals surface area contributed by atoms with E-state index in [1.807, 2.05) is 12.7 Å². The third-order valence-corrected chi connectivity index (χ3v) is 3.16. The first-order valence-corrected chi connectivity index (χ1v) is 6.23. The van der Waals surface area contributed by atoms with Gasteiger partial charge in [-0.05, 0) is 24.1 Å². The minimum Gasteiger partial charge on any atom is -0.282 e. The molecule has 0 bridgehead atoms. The monoisotopic (exact) mass is 204 g/mol. The van der Waals surface area contributed by atoms with Crippen LogP contribution >= 0.6 is 8.58 Å². The summed E-state index contributed by atoms with van der Waals surface area (Å²) in [6, 6.07) is 6.30. The molecule has 0 aliphatic rings. The normalized spacial score (nSPS) is 12.5. The molecule has 3 nitrogen and oxygen atoms in total. The van der Waals surface area contributed by atoms with E-state index in [1.54, 1.807) is 6.07 Å². The molecule has 5 heteroatoms. The van der Waals surface area contributed by atoms with E-state index in [-0.39, 0.29) is 4.90 Å². The Bertz CT molecular complexity index is 372. The minimum absolute atomic E-state index is 0.0330. The number of rotatable bonds is 2. The van der Waals surface area contributed by atoms with Gasteiger partial charge >= 0.3 is 0 Å². The molecular formula is C7H9O3PS. The fourth-order valence-electron chi connectivity index (χ4n) is 0.812. The van der Waals surface area contributed by atoms with Gasteiger partial charge in [-0.2, -0.15) is 8.42 Å². The van der Waals surface area contributed by atoms with Gasteiger partial charge in [0.25, 0.3) is 10.1 Å². The minimum atomic E-state index is -4.03. The highest BCUT2D eigenvalue weighted by Gasteiger charge is 2.08. The predicted molar refractivity (Wildman–Crippen MR) is 50.1 cm³/mol. The smallest absolute Gasteiger partial charge is 0.282 e. The Labute approximate surface area is 73.3 Å². The Hall–Kier alpha value is -0.440. The second-order valence-corrected chi connectivity index (χ2v) is 4.75. The van der Waals surface area contributed by atoms with Gasteiger partial charge < -0.3 is 0 Å². The standard InChI is InChI=1S/C7H9O3PS/c1-11-6-3-2-4-7(5-6)12(8,9)10/h2-5,11H,1H3,(H,8,9,10). The van der Waals surface area contributed by atoms with Crippen LogP contribution < -0.4 is 5.30 Å². The van der Waals surface area contributed by atoms with Crippen LogP contribution in [0.15, 0.2) is 29.2 Å². The molecule has 0 saturated carbocycles. The van der Waals surface area contributed by atoms with E-state index in [2.05, 4.69) is 0 Å². The molecular weight excluding hydrogens is 195 g/mol. The fourth-order valence-corrected chi connectivity index (χ4v) is 2.01. The zero-order valence-electron chi connectivity index (χ0n) is 6.48. The Kier molecular flexibility index (Phi) is 2.83. The molecule has 0 radical (unpaired) electrons. The molecule has 1 aromatic rings. The SMILES string of the molecule is CPc1cccc(S(=O)(=O)O)c1. The molecule has 12 heavy (non-hydrogen) atoms. The van der Waals surface area contributed by atoms with E-state index >= 15 is 0 Å². The molecule has 66 valence electrons. The van der Waals surface area contributed by atoms with Crippen molar-refractivity contribution in [3.05, 3.63) is 24.3 Å². The van der Waals surface area contributed by atoms with Crippen molar-refractivity contribution in [1.29, 1.82) is 0 Å². The van der Waals surface area contributed by atoms with Crippen molar-refractivity contribution in [3.63, 3.8) is 0 Å². The molecule has 0 aliphatic carbocycles. The summed E-state index contributed by atoms with van der Waals surface area (Å²) in [4.78, 5) is -0.0330. The summed E-state index contributed by atoms with van der Waals surface area (Å²) in [6.45, 7) is 1.95. The molecule has 1 aromatic carbocycles. The van der Waals surface area contributed by atoms with Crippen LogP contribution in [0.25, 0.3) is 0 Å². The summed E-state index contributed by atoms with van der Waals surface area (Å²) in [6.07, 6.45) is 0. The molecule has 1 atom stereocenters. The van der Waals surface area contributed by atoms with Gasteiger partial charge in [0.1, 0.15) is 0 Å². The summed E-state index contributed by atoms with van der Waals surface area (Å²) >= 11 is 0. The van der Waals surface area contributed by atoms with Gasteiger partial charge in [0.2, 0.25) is 0 Å². The van der Waals surface area contributed by atoms with E-state index in [0.29, 0.717) is 8.58 Å². The van der Waals surface area contributed by atoms with E-state index in [4.69, 9.17) is 4.55 Å². The molecule has 0 aliphatic heterocycles. The Morgan fingerprint density at radius 2 is 2.08 bits per heavy atom. The van der Waals surface area contributed by atoms with Gasteiger partial charge in [0.05, 0.1) is 4.90 Å². The zero-order chi connectivity index (χ0) is 9.19. The topological polar surface area (TPSA) is 54.4 Å². The van der Waals surface area contributed by atoms with Gasteiger partial charge in [0, 0.05) is 0 Å². The van der Waals surface area contributed by atoms with Crippen LogP contribution in [0.1, 0.15) is 0 Å². The summed E-state index contributed by atoms with van der Waals surface area (Å²) in [5.74, 6) is 0. The first kappa shape index (κ1) is 9.65. The van der Waals surface area contributed by atoms with Gasteiger partial charge in [-0.3, -0.25) is 4.55 Å². The van der Waals surface area contributed by atoms with Crippen LogP contribution in [0, 0.1) is 0 Å². The van der Waals surface area contributed by atoms with Gasteiger partial charge in [-0.15, -0.1) is 0 Å². The molecule has 0 saturated heterocycles. The molecule has 0 spiro atoms. The third-order valence-electron chi connectivity index (χ3n) is 1.42. The van der Waals surface area contributed by atoms with E-state index in [0.717, 1.165) is 5.30 Å². The van der Waals surface area contributed by atoms with Crippen molar-refractivity contribution < 1.29 is 13.0 Å². The first-order valence-electron chi connectivity index (χ1n) is 3.29. The Morgan fingerprint density at radius 3 is 2.58 bits per heavy atom. The average Bonchev–Trinajstić information content (AvgIpc) is 2.03. The predicted octanol–water partition coefficient (Wildman–Crippen LogP) is 0.867. The third kappa shape index (κ3) is 2.27. The first-order chi connectivity index (χ1) is 5.54. The number of hydrogen-bond acceptors (Lipinski definition) is 2. The highest BCUT2D eigenvalue weighted by Crippen LogP contribution is 2.10. The maximum absolute atomic E-state index is 10.7. The van der Waals surface area contributed by atoms with Crippen molar-refractivity contribution in [3.8, 4) is 0 Å². The van der Waals surface area contributed by atoms with Gasteiger partial charge in [-0.1, -0.05) is 20.7 Å². The van der Waals surface area contributed by atoms with Crippen LogP contribution in [0.4, 0.5) is 0 Å². The lowest BCUT2D eigenvalue weighted by molar-refractivity contribution is 0.483. The van der Waals surface area contributed by atoms with Gasteiger partial charge in [0.15, 0.2) is 0 Å². The van der Waals surface area contributed by atoms with Crippen LogP contribution in [0.3, 0.4) is 0 Å². The fraction of sp³-hybridized carbons (Fsp3) is 0.143. The lowest BCUT2D eigenvalue weighted by atomic mass is 10.4. The van der Waals surface area contributed by atoms with Crippen LogP contribution in [-0.4, -0.2) is 19.6 Å². The Balaban J connectivity index is 3.20. The van der Waals surface area contributed by atoms with Gasteiger partial charge in [-0.25, -0.2) is 0 Å². The summed E-state index contributed by atoms with van der Waals surface area (Å²) in [5.41, 5.74) is 0. The summed E-state index contributed by atoms with van der Waals surface area (Å²) < 4.78 is 30.0. The van der Waals surface area contributed by atoms with Crippen LogP contribution in [0.5, 0.6) is 0 Å². The van der Waals surface area contributed by atoms with Crippen molar-refractivity contribution in [1.82, 2.24) is 0 Å². The highest BCUT2D eigenvalue weighted by molar-refractivity contribution is 7.85. The number of benzene rings is 1. The second-order valence-electron chi connectivity index (χ2n) is 2.25. The molecule has 0 aromatic heterocycles.